The SMILES string of the molecule is C=C(C)C1CC[C@H]2[C@@H]3CC[C@H]([C@H](C)CCC(=O)N4CCOCC4)[C@@]3(C)CC[C@@H]2[C@@]1(C)CCC(=O)N1CCOCC1. The quantitative estimate of drug-likeness (QED) is 0.347. The van der Waals surface area contributed by atoms with E-state index >= 15 is 0 Å². The molecule has 0 bridgehead atoms. The van der Waals surface area contributed by atoms with Crippen molar-refractivity contribution in [3.05, 3.63) is 12.2 Å². The highest BCUT2D eigenvalue weighted by Gasteiger charge is 2.60. The molecule has 5 aliphatic rings. The molecule has 0 spiro atoms. The molecule has 0 aromatic heterocycles. The molecule has 0 N–H and O–H groups in total. The van der Waals surface area contributed by atoms with Crippen LogP contribution < -0.4 is 0 Å². The summed E-state index contributed by atoms with van der Waals surface area (Å²) in [6.07, 6.45) is 11.1. The van der Waals surface area contributed by atoms with Gasteiger partial charge < -0.3 is 19.3 Å². The van der Waals surface area contributed by atoms with Gasteiger partial charge in [0.1, 0.15) is 0 Å². The third-order valence-electron chi connectivity index (χ3n) is 12.6. The number of ether oxygens (including phenoxy) is 2. The van der Waals surface area contributed by atoms with Crippen LogP contribution in [-0.2, 0) is 19.1 Å². The maximum Gasteiger partial charge on any atom is 0.222 e. The van der Waals surface area contributed by atoms with Crippen LogP contribution in [0.4, 0.5) is 0 Å². The Morgan fingerprint density at radius 3 is 2.05 bits per heavy atom. The van der Waals surface area contributed by atoms with Crippen molar-refractivity contribution >= 4 is 11.8 Å². The van der Waals surface area contributed by atoms with Gasteiger partial charge in [-0.3, -0.25) is 9.59 Å². The molecular weight excluding hydrogens is 500 g/mol. The smallest absolute Gasteiger partial charge is 0.222 e. The summed E-state index contributed by atoms with van der Waals surface area (Å²) in [6, 6.07) is 0. The van der Waals surface area contributed by atoms with E-state index in [4.69, 9.17) is 9.47 Å². The molecule has 5 rings (SSSR count). The van der Waals surface area contributed by atoms with E-state index in [9.17, 15) is 9.59 Å². The van der Waals surface area contributed by atoms with Gasteiger partial charge >= 0.3 is 0 Å². The molecule has 2 heterocycles. The van der Waals surface area contributed by atoms with E-state index in [1.165, 1.54) is 44.1 Å². The summed E-state index contributed by atoms with van der Waals surface area (Å²) in [5.41, 5.74) is 1.84. The number of nitrogens with zero attached hydrogens (tertiary/aromatic N) is 2. The Morgan fingerprint density at radius 2 is 1.45 bits per heavy atom. The lowest BCUT2D eigenvalue weighted by Crippen LogP contribution is -2.53. The highest BCUT2D eigenvalue weighted by atomic mass is 16.5. The lowest BCUT2D eigenvalue weighted by Gasteiger charge is -2.60. The fourth-order valence-electron chi connectivity index (χ4n) is 10.5. The maximum absolute atomic E-state index is 13.2. The summed E-state index contributed by atoms with van der Waals surface area (Å²) in [5.74, 6) is 4.64. The summed E-state index contributed by atoms with van der Waals surface area (Å²) >= 11 is 0. The van der Waals surface area contributed by atoms with Crippen molar-refractivity contribution < 1.29 is 19.1 Å². The van der Waals surface area contributed by atoms with E-state index in [2.05, 4.69) is 34.3 Å². The second kappa shape index (κ2) is 12.5. The first-order chi connectivity index (χ1) is 19.1. The molecule has 8 atom stereocenters. The molecule has 6 heteroatoms. The van der Waals surface area contributed by atoms with Crippen LogP contribution >= 0.6 is 0 Å². The zero-order chi connectivity index (χ0) is 28.5. The van der Waals surface area contributed by atoms with Crippen LogP contribution in [0.5, 0.6) is 0 Å². The Balaban J connectivity index is 1.25. The van der Waals surface area contributed by atoms with Gasteiger partial charge in [0.15, 0.2) is 0 Å². The number of rotatable bonds is 8. The first kappa shape index (κ1) is 30.1. The number of amides is 2. The van der Waals surface area contributed by atoms with Gasteiger partial charge in [0.05, 0.1) is 26.4 Å². The van der Waals surface area contributed by atoms with Gasteiger partial charge in [0, 0.05) is 39.0 Å². The average molecular weight is 557 g/mol. The number of hydrogen-bond donors (Lipinski definition) is 0. The van der Waals surface area contributed by atoms with Crippen molar-refractivity contribution in [1.82, 2.24) is 9.80 Å². The molecule has 0 radical (unpaired) electrons. The number of carbonyl (C=O) groups excluding carboxylic acids is 2. The number of fused-ring (bicyclic) bond motifs is 3. The topological polar surface area (TPSA) is 59.1 Å². The molecule has 5 fully saturated rings. The third kappa shape index (κ3) is 5.78. The molecular formula is C34H56N2O4. The van der Waals surface area contributed by atoms with Crippen molar-refractivity contribution in [2.24, 2.45) is 46.3 Å². The zero-order valence-electron chi connectivity index (χ0n) is 25.9. The van der Waals surface area contributed by atoms with Crippen molar-refractivity contribution in [3.8, 4) is 0 Å². The number of allylic oxidation sites excluding steroid dienone is 1. The monoisotopic (exact) mass is 556 g/mol. The molecule has 40 heavy (non-hydrogen) atoms. The van der Waals surface area contributed by atoms with Crippen molar-refractivity contribution in [3.63, 3.8) is 0 Å². The highest BCUT2D eigenvalue weighted by molar-refractivity contribution is 5.76. The van der Waals surface area contributed by atoms with Crippen LogP contribution in [0.15, 0.2) is 12.2 Å². The van der Waals surface area contributed by atoms with Crippen molar-refractivity contribution in [2.75, 3.05) is 52.6 Å². The first-order valence-corrected chi connectivity index (χ1v) is 16.5. The summed E-state index contributed by atoms with van der Waals surface area (Å²) in [4.78, 5) is 30.1. The minimum atomic E-state index is 0.145. The molecule has 226 valence electrons. The van der Waals surface area contributed by atoms with Crippen LogP contribution in [0, 0.1) is 46.3 Å². The molecule has 3 aliphatic carbocycles. The summed E-state index contributed by atoms with van der Waals surface area (Å²) < 4.78 is 10.9. The Hall–Kier alpha value is -1.40. The molecule has 2 aliphatic heterocycles. The molecule has 3 saturated carbocycles. The molecule has 0 aromatic rings. The Labute approximate surface area is 243 Å². The second-order valence-electron chi connectivity index (χ2n) is 14.6. The van der Waals surface area contributed by atoms with Gasteiger partial charge in [0.25, 0.3) is 0 Å². The van der Waals surface area contributed by atoms with Crippen molar-refractivity contribution in [2.45, 2.75) is 91.9 Å². The van der Waals surface area contributed by atoms with Crippen LogP contribution in [0.3, 0.4) is 0 Å². The largest absolute Gasteiger partial charge is 0.378 e. The standard InChI is InChI=1S/C34H56N2O4/c1-24(2)27-8-7-26-29-10-9-28(25(3)6-11-31(37)35-16-20-39-21-17-35)34(29,5)14-12-30(26)33(27,4)15-13-32(38)36-18-22-40-23-19-36/h25-30H,1,6-23H2,2-5H3/t25-,26+,27?,28-,29+,30+,33+,34-/m1/s1. The van der Waals surface area contributed by atoms with Crippen molar-refractivity contribution in [1.29, 1.82) is 0 Å². The minimum Gasteiger partial charge on any atom is -0.378 e. The number of hydrogen-bond acceptors (Lipinski definition) is 4. The number of carbonyl (C=O) groups is 2. The summed E-state index contributed by atoms with van der Waals surface area (Å²) in [5, 5.41) is 0. The van der Waals surface area contributed by atoms with E-state index in [0.29, 0.717) is 80.2 Å². The van der Waals surface area contributed by atoms with Gasteiger partial charge in [-0.2, -0.15) is 0 Å². The van der Waals surface area contributed by atoms with Gasteiger partial charge in [-0.05, 0) is 105 Å². The van der Waals surface area contributed by atoms with Crippen LogP contribution in [-0.4, -0.2) is 74.2 Å². The van der Waals surface area contributed by atoms with Gasteiger partial charge in [-0.15, -0.1) is 0 Å². The molecule has 2 amide bonds. The van der Waals surface area contributed by atoms with Crippen LogP contribution in [0.2, 0.25) is 0 Å². The van der Waals surface area contributed by atoms with Crippen LogP contribution in [0.1, 0.15) is 91.9 Å². The van der Waals surface area contributed by atoms with Gasteiger partial charge in [0.2, 0.25) is 11.8 Å². The van der Waals surface area contributed by atoms with Gasteiger partial charge in [-0.1, -0.05) is 32.9 Å². The van der Waals surface area contributed by atoms with Crippen LogP contribution in [0.25, 0.3) is 0 Å². The van der Waals surface area contributed by atoms with E-state index < -0.39 is 0 Å². The normalized spacial score (nSPS) is 38.9. The molecule has 0 aromatic carbocycles. The molecule has 1 unspecified atom stereocenters. The fourth-order valence-corrected chi connectivity index (χ4v) is 10.5. The lowest BCUT2D eigenvalue weighted by molar-refractivity contribution is -0.138. The maximum atomic E-state index is 13.2. The van der Waals surface area contributed by atoms with E-state index in [-0.39, 0.29) is 5.41 Å². The number of morpholine rings is 2. The Kier molecular flexibility index (Phi) is 9.36. The predicted molar refractivity (Wildman–Crippen MR) is 159 cm³/mol. The third-order valence-corrected chi connectivity index (χ3v) is 12.6. The predicted octanol–water partition coefficient (Wildman–Crippen LogP) is 5.95. The molecule has 6 nitrogen and oxygen atoms in total. The average Bonchev–Trinajstić information content (AvgIpc) is 3.33. The minimum absolute atomic E-state index is 0.145. The van der Waals surface area contributed by atoms with E-state index in [0.717, 1.165) is 50.9 Å². The fraction of sp³-hybridized carbons (Fsp3) is 0.882. The summed E-state index contributed by atoms with van der Waals surface area (Å²) in [6.45, 7) is 19.9. The Morgan fingerprint density at radius 1 is 0.850 bits per heavy atom. The second-order valence-corrected chi connectivity index (χ2v) is 14.6. The molecule has 2 saturated heterocycles. The van der Waals surface area contributed by atoms with E-state index in [1.54, 1.807) is 0 Å². The first-order valence-electron chi connectivity index (χ1n) is 16.5. The Bertz CT molecular complexity index is 925. The van der Waals surface area contributed by atoms with Gasteiger partial charge in [-0.25, -0.2) is 0 Å². The lowest BCUT2D eigenvalue weighted by atomic mass is 9.45. The van der Waals surface area contributed by atoms with E-state index in [1.807, 2.05) is 9.80 Å². The summed E-state index contributed by atoms with van der Waals surface area (Å²) in [7, 11) is 0. The zero-order valence-corrected chi connectivity index (χ0v) is 25.9. The highest BCUT2D eigenvalue weighted by Crippen LogP contribution is 2.68.